The van der Waals surface area contributed by atoms with Gasteiger partial charge in [-0.1, -0.05) is 97.1 Å². The van der Waals surface area contributed by atoms with Crippen molar-refractivity contribution >= 4 is 28.9 Å². The molecule has 8 nitrogen and oxygen atoms in total. The van der Waals surface area contributed by atoms with Crippen LogP contribution in [0.25, 0.3) is 17.2 Å². The second-order valence-electron chi connectivity index (χ2n) is 9.01. The summed E-state index contributed by atoms with van der Waals surface area (Å²) in [4.78, 5) is 31.6. The summed E-state index contributed by atoms with van der Waals surface area (Å²) >= 11 is 0. The maximum absolute atomic E-state index is 13.7. The molecule has 2 heterocycles. The Hall–Kier alpha value is -4.98. The molecule has 1 N–H and O–H groups in total. The average Bonchev–Trinajstić information content (AvgIpc) is 3.31. The lowest BCUT2D eigenvalue weighted by atomic mass is 10.2. The number of allylic oxidation sites excluding steroid dienone is 1. The number of aryl methyl sites for hydroxylation is 1. The van der Waals surface area contributed by atoms with E-state index < -0.39 is 11.2 Å². The second kappa shape index (κ2) is 11.0. The standard InChI is InChI=1S/C30H28N6O2/c1-22(18-19-23-12-6-3-7-13-23)32-33-29-31-27-26(35(29)20-24-14-8-4-9-15-24)28(37)36(30(38)34(27)2)21-25-16-10-5-11-17-25/h3-19H,20-21H2,1-2H3,(H,31,33). The lowest BCUT2D eigenvalue weighted by Gasteiger charge is -2.11. The van der Waals surface area contributed by atoms with E-state index in [1.54, 1.807) is 11.6 Å². The van der Waals surface area contributed by atoms with Crippen molar-refractivity contribution < 1.29 is 0 Å². The highest BCUT2D eigenvalue weighted by Crippen LogP contribution is 2.18. The molecule has 0 radical (unpaired) electrons. The van der Waals surface area contributed by atoms with Crippen LogP contribution in [0.15, 0.2) is 112 Å². The van der Waals surface area contributed by atoms with E-state index in [9.17, 15) is 9.59 Å². The monoisotopic (exact) mass is 504 g/mol. The summed E-state index contributed by atoms with van der Waals surface area (Å²) in [6.45, 7) is 2.43. The van der Waals surface area contributed by atoms with Crippen molar-refractivity contribution in [1.82, 2.24) is 18.7 Å². The Labute approximate surface area is 219 Å². The van der Waals surface area contributed by atoms with Crippen molar-refractivity contribution in [3.63, 3.8) is 0 Å². The van der Waals surface area contributed by atoms with Crippen molar-refractivity contribution in [1.29, 1.82) is 0 Å². The van der Waals surface area contributed by atoms with Gasteiger partial charge in [-0.25, -0.2) is 10.2 Å². The Morgan fingerprint density at radius 1 is 0.842 bits per heavy atom. The molecule has 0 fully saturated rings. The molecular formula is C30H28N6O2. The minimum atomic E-state index is -0.423. The van der Waals surface area contributed by atoms with Gasteiger partial charge >= 0.3 is 5.69 Å². The summed E-state index contributed by atoms with van der Waals surface area (Å²) in [7, 11) is 1.63. The van der Waals surface area contributed by atoms with E-state index in [0.717, 1.165) is 22.4 Å². The third-order valence-corrected chi connectivity index (χ3v) is 6.25. The molecule has 38 heavy (non-hydrogen) atoms. The van der Waals surface area contributed by atoms with Crippen LogP contribution in [0.5, 0.6) is 0 Å². The number of fused-ring (bicyclic) bond motifs is 1. The Kier molecular flexibility index (Phi) is 7.13. The van der Waals surface area contributed by atoms with Crippen LogP contribution in [0.2, 0.25) is 0 Å². The average molecular weight is 505 g/mol. The summed E-state index contributed by atoms with van der Waals surface area (Å²) < 4.78 is 4.45. The van der Waals surface area contributed by atoms with Crippen LogP contribution in [0.4, 0.5) is 5.95 Å². The summed E-state index contributed by atoms with van der Waals surface area (Å²) in [5.74, 6) is 0.376. The lowest BCUT2D eigenvalue weighted by Crippen LogP contribution is -2.40. The molecule has 5 aromatic rings. The van der Waals surface area contributed by atoms with Gasteiger partial charge in [0.15, 0.2) is 11.2 Å². The zero-order valence-electron chi connectivity index (χ0n) is 21.3. The van der Waals surface area contributed by atoms with E-state index in [-0.39, 0.29) is 6.54 Å². The maximum atomic E-state index is 13.7. The molecule has 0 unspecified atom stereocenters. The van der Waals surface area contributed by atoms with Gasteiger partial charge in [-0.2, -0.15) is 10.1 Å². The number of benzene rings is 3. The zero-order chi connectivity index (χ0) is 26.5. The van der Waals surface area contributed by atoms with Crippen LogP contribution in [-0.4, -0.2) is 24.4 Å². The van der Waals surface area contributed by atoms with Gasteiger partial charge in [0.1, 0.15) is 0 Å². The zero-order valence-corrected chi connectivity index (χ0v) is 21.3. The van der Waals surface area contributed by atoms with Gasteiger partial charge in [-0.15, -0.1) is 0 Å². The minimum Gasteiger partial charge on any atom is -0.298 e. The number of nitrogens with one attached hydrogen (secondary N) is 1. The first-order chi connectivity index (χ1) is 18.5. The van der Waals surface area contributed by atoms with Crippen molar-refractivity contribution in [2.75, 3.05) is 5.43 Å². The molecule has 190 valence electrons. The number of nitrogens with zero attached hydrogens (tertiary/aromatic N) is 5. The molecule has 2 aromatic heterocycles. The first-order valence-corrected chi connectivity index (χ1v) is 12.3. The van der Waals surface area contributed by atoms with Crippen LogP contribution in [0, 0.1) is 0 Å². The number of hydrogen-bond acceptors (Lipinski definition) is 5. The highest BCUT2D eigenvalue weighted by Gasteiger charge is 2.20. The number of imidazole rings is 1. The third kappa shape index (κ3) is 5.24. The molecule has 0 amide bonds. The van der Waals surface area contributed by atoms with Gasteiger partial charge in [0.2, 0.25) is 5.95 Å². The highest BCUT2D eigenvalue weighted by atomic mass is 16.2. The van der Waals surface area contributed by atoms with Crippen molar-refractivity contribution in [3.8, 4) is 0 Å². The summed E-state index contributed by atoms with van der Waals surface area (Å²) in [5.41, 5.74) is 6.49. The SMILES string of the molecule is CC(C=Cc1ccccc1)=NNc1nc2c(c(=O)n(Cc3ccccc3)c(=O)n2C)n1Cc1ccccc1. The van der Waals surface area contributed by atoms with Gasteiger partial charge in [0.05, 0.1) is 18.8 Å². The molecular weight excluding hydrogens is 476 g/mol. The quantitative estimate of drug-likeness (QED) is 0.249. The third-order valence-electron chi connectivity index (χ3n) is 6.25. The number of rotatable bonds is 8. The molecule has 3 aromatic carbocycles. The Morgan fingerprint density at radius 3 is 2.00 bits per heavy atom. The van der Waals surface area contributed by atoms with E-state index in [4.69, 9.17) is 0 Å². The van der Waals surface area contributed by atoms with E-state index in [0.29, 0.717) is 23.7 Å². The number of aromatic nitrogens is 4. The fourth-order valence-electron chi connectivity index (χ4n) is 4.24. The first kappa shape index (κ1) is 24.7. The second-order valence-corrected chi connectivity index (χ2v) is 9.01. The number of hydrogen-bond donors (Lipinski definition) is 1. The fraction of sp³-hybridized carbons (Fsp3) is 0.133. The van der Waals surface area contributed by atoms with Crippen LogP contribution in [0.1, 0.15) is 23.6 Å². The van der Waals surface area contributed by atoms with Gasteiger partial charge in [-0.3, -0.25) is 18.5 Å². The molecule has 0 saturated carbocycles. The van der Waals surface area contributed by atoms with Crippen molar-refractivity contribution in [2.45, 2.75) is 20.0 Å². The molecule has 0 spiro atoms. The van der Waals surface area contributed by atoms with Crippen LogP contribution in [-0.2, 0) is 20.1 Å². The molecule has 0 saturated heterocycles. The largest absolute Gasteiger partial charge is 0.332 e. The molecule has 0 aliphatic carbocycles. The van der Waals surface area contributed by atoms with E-state index in [1.165, 1.54) is 9.13 Å². The highest BCUT2D eigenvalue weighted by molar-refractivity contribution is 5.96. The fourth-order valence-corrected chi connectivity index (χ4v) is 4.24. The lowest BCUT2D eigenvalue weighted by molar-refractivity contribution is 0.653. The molecule has 0 aliphatic rings. The van der Waals surface area contributed by atoms with E-state index in [1.807, 2.05) is 110 Å². The van der Waals surface area contributed by atoms with E-state index in [2.05, 4.69) is 15.5 Å². The van der Waals surface area contributed by atoms with Gasteiger partial charge in [0.25, 0.3) is 5.56 Å². The summed E-state index contributed by atoms with van der Waals surface area (Å²) in [6, 6.07) is 29.2. The predicted octanol–water partition coefficient (Wildman–Crippen LogP) is 4.49. The maximum Gasteiger partial charge on any atom is 0.332 e. The summed E-state index contributed by atoms with van der Waals surface area (Å²) in [5, 5.41) is 4.48. The van der Waals surface area contributed by atoms with Crippen molar-refractivity contribution in [3.05, 3.63) is 135 Å². The topological polar surface area (TPSA) is 86.2 Å². The first-order valence-electron chi connectivity index (χ1n) is 12.3. The molecule has 8 heteroatoms. The summed E-state index contributed by atoms with van der Waals surface area (Å²) in [6.07, 6.45) is 3.87. The molecule has 0 bridgehead atoms. The van der Waals surface area contributed by atoms with Crippen LogP contribution in [0.3, 0.4) is 0 Å². The number of anilines is 1. The van der Waals surface area contributed by atoms with E-state index >= 15 is 0 Å². The minimum absolute atomic E-state index is 0.170. The Bertz CT molecular complexity index is 1730. The Morgan fingerprint density at radius 2 is 1.39 bits per heavy atom. The van der Waals surface area contributed by atoms with Gasteiger partial charge in [0, 0.05) is 7.05 Å². The van der Waals surface area contributed by atoms with Gasteiger partial charge < -0.3 is 0 Å². The van der Waals surface area contributed by atoms with Crippen LogP contribution < -0.4 is 16.7 Å². The van der Waals surface area contributed by atoms with Crippen LogP contribution >= 0.6 is 0 Å². The Balaban J connectivity index is 1.59. The van der Waals surface area contributed by atoms with Gasteiger partial charge in [-0.05, 0) is 29.7 Å². The number of hydrazone groups is 1. The smallest absolute Gasteiger partial charge is 0.298 e. The molecule has 0 atom stereocenters. The normalized spacial score (nSPS) is 11.9. The van der Waals surface area contributed by atoms with Crippen molar-refractivity contribution in [2.24, 2.45) is 12.1 Å². The molecule has 0 aliphatic heterocycles. The molecule has 5 rings (SSSR count). The predicted molar refractivity (Wildman–Crippen MR) is 153 cm³/mol.